The fraction of sp³-hybridized carbons (Fsp3) is 0.333. The number of allylic oxidation sites excluding steroid dienone is 1. The first-order valence-corrected chi connectivity index (χ1v) is 6.00. The topological polar surface area (TPSA) is 56.0 Å². The van der Waals surface area contributed by atoms with Crippen LogP contribution in [0.15, 0.2) is 35.1 Å². The number of pyridine rings is 1. The van der Waals surface area contributed by atoms with E-state index in [4.69, 9.17) is 5.73 Å². The summed E-state index contributed by atoms with van der Waals surface area (Å²) in [6.07, 6.45) is 8.41. The first kappa shape index (κ1) is 11.5. The lowest BCUT2D eigenvalue weighted by Crippen LogP contribution is -2.20. The number of aromatic nitrogens is 1. The molecule has 0 amide bonds. The van der Waals surface area contributed by atoms with Crippen molar-refractivity contribution in [3.05, 3.63) is 40.6 Å². The smallest absolute Gasteiger partial charge is 0.144 e. The largest absolute Gasteiger partial charge is 0.324 e. The molecule has 2 unspecified atom stereocenters. The highest BCUT2D eigenvalue weighted by atomic mass is 79.9. The predicted octanol–water partition coefficient (Wildman–Crippen LogP) is 1.86. The summed E-state index contributed by atoms with van der Waals surface area (Å²) < 4.78 is 0.900. The van der Waals surface area contributed by atoms with E-state index >= 15 is 0 Å². The molecular weight excluding hydrogens is 268 g/mol. The molecule has 16 heavy (non-hydrogen) atoms. The third-order valence-electron chi connectivity index (χ3n) is 2.67. The Morgan fingerprint density at radius 3 is 2.94 bits per heavy atom. The Morgan fingerprint density at radius 2 is 2.31 bits per heavy atom. The summed E-state index contributed by atoms with van der Waals surface area (Å²) in [5.41, 5.74) is 6.66. The second kappa shape index (κ2) is 4.89. The highest BCUT2D eigenvalue weighted by Crippen LogP contribution is 2.20. The lowest BCUT2D eigenvalue weighted by molar-refractivity contribution is -0.120. The van der Waals surface area contributed by atoms with Crippen molar-refractivity contribution >= 4 is 21.7 Å². The van der Waals surface area contributed by atoms with E-state index < -0.39 is 0 Å². The molecule has 1 aromatic rings. The number of halogens is 1. The second-order valence-electron chi connectivity index (χ2n) is 4.05. The summed E-state index contributed by atoms with van der Waals surface area (Å²) >= 11 is 3.34. The van der Waals surface area contributed by atoms with E-state index in [2.05, 4.69) is 20.9 Å². The number of carbonyl (C=O) groups excluding carboxylic acids is 1. The number of Topliss-reactive ketones (excluding diaryl/α,β-unsaturated/α-hetero) is 1. The van der Waals surface area contributed by atoms with Gasteiger partial charge in [0.15, 0.2) is 0 Å². The van der Waals surface area contributed by atoms with Gasteiger partial charge in [-0.15, -0.1) is 0 Å². The minimum atomic E-state index is -0.0195. The summed E-state index contributed by atoms with van der Waals surface area (Å²) in [5.74, 6) is 0.193. The van der Waals surface area contributed by atoms with Crippen LogP contribution < -0.4 is 5.73 Å². The summed E-state index contributed by atoms with van der Waals surface area (Å²) in [6.45, 7) is 0. The van der Waals surface area contributed by atoms with Crippen LogP contribution in [0, 0.1) is 5.92 Å². The van der Waals surface area contributed by atoms with Gasteiger partial charge in [-0.05, 0) is 34.0 Å². The molecule has 2 rings (SSSR count). The molecule has 0 spiro atoms. The van der Waals surface area contributed by atoms with Crippen LogP contribution >= 0.6 is 15.9 Å². The molecule has 0 aromatic carbocycles. The second-order valence-corrected chi connectivity index (χ2v) is 4.96. The molecule has 4 heteroatoms. The van der Waals surface area contributed by atoms with E-state index in [1.54, 1.807) is 12.4 Å². The Balaban J connectivity index is 2.00. The van der Waals surface area contributed by atoms with E-state index in [1.807, 2.05) is 18.2 Å². The van der Waals surface area contributed by atoms with Crippen molar-refractivity contribution in [3.8, 4) is 0 Å². The van der Waals surface area contributed by atoms with E-state index in [-0.39, 0.29) is 17.7 Å². The highest BCUT2D eigenvalue weighted by Gasteiger charge is 2.22. The minimum absolute atomic E-state index is 0.0195. The summed E-state index contributed by atoms with van der Waals surface area (Å²) in [7, 11) is 0. The fourth-order valence-corrected chi connectivity index (χ4v) is 2.26. The van der Waals surface area contributed by atoms with Gasteiger partial charge in [0.25, 0.3) is 0 Å². The average molecular weight is 281 g/mol. The van der Waals surface area contributed by atoms with Crippen molar-refractivity contribution < 1.29 is 4.79 Å². The average Bonchev–Trinajstić information content (AvgIpc) is 2.65. The molecule has 2 atom stereocenters. The zero-order valence-corrected chi connectivity index (χ0v) is 10.4. The van der Waals surface area contributed by atoms with E-state index in [0.29, 0.717) is 6.42 Å². The maximum Gasteiger partial charge on any atom is 0.144 e. The Labute approximate surface area is 103 Å². The minimum Gasteiger partial charge on any atom is -0.324 e. The van der Waals surface area contributed by atoms with Gasteiger partial charge in [0.05, 0.1) is 0 Å². The van der Waals surface area contributed by atoms with Crippen LogP contribution in [0.5, 0.6) is 0 Å². The predicted molar refractivity (Wildman–Crippen MR) is 65.9 cm³/mol. The summed E-state index contributed by atoms with van der Waals surface area (Å²) in [6, 6.07) is 1.96. The molecule has 0 fully saturated rings. The van der Waals surface area contributed by atoms with Crippen LogP contribution in [-0.4, -0.2) is 16.8 Å². The van der Waals surface area contributed by atoms with E-state index in [0.717, 1.165) is 16.5 Å². The van der Waals surface area contributed by atoms with Crippen molar-refractivity contribution in [2.45, 2.75) is 18.9 Å². The van der Waals surface area contributed by atoms with Crippen molar-refractivity contribution in [2.24, 2.45) is 11.7 Å². The number of nitrogens with two attached hydrogens (primary N) is 1. The van der Waals surface area contributed by atoms with Gasteiger partial charge in [-0.1, -0.05) is 12.2 Å². The lowest BCUT2D eigenvalue weighted by Gasteiger charge is -2.08. The van der Waals surface area contributed by atoms with Crippen molar-refractivity contribution in [2.75, 3.05) is 0 Å². The maximum atomic E-state index is 11.9. The van der Waals surface area contributed by atoms with Gasteiger partial charge >= 0.3 is 0 Å². The van der Waals surface area contributed by atoms with Gasteiger partial charge in [0, 0.05) is 35.2 Å². The molecule has 1 heterocycles. The summed E-state index contributed by atoms with van der Waals surface area (Å²) in [5, 5.41) is 0. The number of rotatable bonds is 3. The Kier molecular flexibility index (Phi) is 3.51. The van der Waals surface area contributed by atoms with Gasteiger partial charge in [-0.25, -0.2) is 0 Å². The van der Waals surface area contributed by atoms with Gasteiger partial charge in [0.1, 0.15) is 5.78 Å². The van der Waals surface area contributed by atoms with Crippen molar-refractivity contribution in [1.29, 1.82) is 0 Å². The molecular formula is C12H13BrN2O. The molecule has 84 valence electrons. The molecule has 2 N–H and O–H groups in total. The van der Waals surface area contributed by atoms with Gasteiger partial charge in [0.2, 0.25) is 0 Å². The lowest BCUT2D eigenvalue weighted by atomic mass is 9.97. The molecule has 0 saturated carbocycles. The van der Waals surface area contributed by atoms with Crippen LogP contribution in [0.1, 0.15) is 12.0 Å². The molecule has 3 nitrogen and oxygen atoms in total. The van der Waals surface area contributed by atoms with Gasteiger partial charge in [-0.3, -0.25) is 9.78 Å². The molecule has 1 aromatic heterocycles. The molecule has 1 aliphatic carbocycles. The van der Waals surface area contributed by atoms with E-state index in [9.17, 15) is 4.79 Å². The standard InChI is InChI=1S/C12H13BrN2O/c13-10-3-8(6-15-7-10)4-12(16)9-1-2-11(14)5-9/h1-3,6-7,9,11H,4-5,14H2. The Morgan fingerprint density at radius 1 is 1.50 bits per heavy atom. The Hall–Kier alpha value is -1.00. The monoisotopic (exact) mass is 280 g/mol. The molecule has 0 aliphatic heterocycles. The van der Waals surface area contributed by atoms with Gasteiger partial charge in [-0.2, -0.15) is 0 Å². The number of carbonyl (C=O) groups is 1. The number of hydrogen-bond donors (Lipinski definition) is 1. The number of nitrogens with zero attached hydrogens (tertiary/aromatic N) is 1. The maximum absolute atomic E-state index is 11.9. The number of ketones is 1. The van der Waals surface area contributed by atoms with E-state index in [1.165, 1.54) is 0 Å². The van der Waals surface area contributed by atoms with Crippen molar-refractivity contribution in [3.63, 3.8) is 0 Å². The molecule has 0 saturated heterocycles. The van der Waals surface area contributed by atoms with Crippen molar-refractivity contribution in [1.82, 2.24) is 4.98 Å². The number of hydrogen-bond acceptors (Lipinski definition) is 3. The Bertz CT molecular complexity index is 431. The normalized spacial score (nSPS) is 23.6. The van der Waals surface area contributed by atoms with Crippen LogP contribution in [0.25, 0.3) is 0 Å². The van der Waals surface area contributed by atoms with Crippen LogP contribution in [-0.2, 0) is 11.2 Å². The first-order valence-electron chi connectivity index (χ1n) is 5.21. The van der Waals surface area contributed by atoms with Crippen LogP contribution in [0.3, 0.4) is 0 Å². The summed E-state index contributed by atoms with van der Waals surface area (Å²) in [4.78, 5) is 16.0. The van der Waals surface area contributed by atoms with Crippen LogP contribution in [0.2, 0.25) is 0 Å². The SMILES string of the molecule is NC1C=CC(C(=O)Cc2cncc(Br)c2)C1. The molecule has 0 radical (unpaired) electrons. The third-order valence-corrected chi connectivity index (χ3v) is 3.10. The quantitative estimate of drug-likeness (QED) is 0.860. The third kappa shape index (κ3) is 2.77. The molecule has 0 bridgehead atoms. The first-order chi connectivity index (χ1) is 7.65. The zero-order chi connectivity index (χ0) is 11.5. The van der Waals surface area contributed by atoms with Crippen LogP contribution in [0.4, 0.5) is 0 Å². The zero-order valence-electron chi connectivity index (χ0n) is 8.77. The van der Waals surface area contributed by atoms with Gasteiger partial charge < -0.3 is 5.73 Å². The fourth-order valence-electron chi connectivity index (χ4n) is 1.85. The highest BCUT2D eigenvalue weighted by molar-refractivity contribution is 9.10. The molecule has 1 aliphatic rings.